The van der Waals surface area contributed by atoms with Gasteiger partial charge in [0.1, 0.15) is 18.7 Å². The second-order valence-corrected chi connectivity index (χ2v) is 10.7. The van der Waals surface area contributed by atoms with Gasteiger partial charge >= 0.3 is 6.09 Å². The highest BCUT2D eigenvalue weighted by Gasteiger charge is 2.35. The molecule has 36 heavy (non-hydrogen) atoms. The zero-order chi connectivity index (χ0) is 26.8. The van der Waals surface area contributed by atoms with Crippen molar-refractivity contribution in [1.29, 1.82) is 0 Å². The molecule has 3 N–H and O–H groups in total. The van der Waals surface area contributed by atoms with Gasteiger partial charge in [-0.25, -0.2) is 4.79 Å². The molecule has 0 bridgehead atoms. The SMILES string of the molecule is CC(C)(C)OC[C@@H]1C(=O)NCCN1C(=O)OCc1ccccc1.CC(C)(C)OC[C@H]1NCCNC1=O. The summed E-state index contributed by atoms with van der Waals surface area (Å²) in [5.41, 5.74) is 0.348. The molecule has 10 heteroatoms. The molecule has 202 valence electrons. The second kappa shape index (κ2) is 13.6. The highest BCUT2D eigenvalue weighted by molar-refractivity contribution is 5.87. The minimum absolute atomic E-state index is 0.0375. The van der Waals surface area contributed by atoms with E-state index < -0.39 is 12.1 Å². The number of rotatable bonds is 6. The Morgan fingerprint density at radius 3 is 2.11 bits per heavy atom. The van der Waals surface area contributed by atoms with Crippen LogP contribution in [0.25, 0.3) is 0 Å². The first-order valence-corrected chi connectivity index (χ1v) is 12.4. The Morgan fingerprint density at radius 1 is 0.889 bits per heavy atom. The standard InChI is InChI=1S/C17H24N2O4.C9H18N2O2/c1-17(2,3)23-12-14-15(20)18-9-10-19(14)16(21)22-11-13-7-5-4-6-8-13;1-9(2,3)13-6-7-8(12)11-5-4-10-7/h4-8,14H,9-12H2,1-3H3,(H,18,20);7,10H,4-6H2,1-3H3,(H,11,12)/t14-;7-/m11/s1. The van der Waals surface area contributed by atoms with Crippen LogP contribution in [0.15, 0.2) is 30.3 Å². The van der Waals surface area contributed by atoms with Crippen molar-refractivity contribution in [1.82, 2.24) is 20.9 Å². The molecule has 0 aromatic heterocycles. The fourth-order valence-electron chi connectivity index (χ4n) is 3.35. The third kappa shape index (κ3) is 10.9. The van der Waals surface area contributed by atoms with Crippen LogP contribution in [0.1, 0.15) is 47.1 Å². The van der Waals surface area contributed by atoms with Crippen molar-refractivity contribution in [3.05, 3.63) is 35.9 Å². The van der Waals surface area contributed by atoms with Crippen LogP contribution in [0.4, 0.5) is 4.79 Å². The van der Waals surface area contributed by atoms with Gasteiger partial charge < -0.3 is 30.2 Å². The summed E-state index contributed by atoms with van der Waals surface area (Å²) in [6.07, 6.45) is -0.494. The summed E-state index contributed by atoms with van der Waals surface area (Å²) in [4.78, 5) is 37.1. The summed E-state index contributed by atoms with van der Waals surface area (Å²) in [5.74, 6) is -0.173. The zero-order valence-corrected chi connectivity index (χ0v) is 22.4. The van der Waals surface area contributed by atoms with Gasteiger partial charge in [0.2, 0.25) is 11.8 Å². The molecule has 0 saturated carbocycles. The molecule has 3 amide bonds. The lowest BCUT2D eigenvalue weighted by molar-refractivity contribution is -0.133. The number of nitrogens with one attached hydrogen (secondary N) is 3. The lowest BCUT2D eigenvalue weighted by Crippen LogP contribution is -2.59. The summed E-state index contributed by atoms with van der Waals surface area (Å²) in [6.45, 7) is 14.8. The molecular weight excluding hydrogens is 464 g/mol. The van der Waals surface area contributed by atoms with Crippen molar-refractivity contribution >= 4 is 17.9 Å². The maximum atomic E-state index is 12.3. The lowest BCUT2D eigenvalue weighted by atomic mass is 10.1. The van der Waals surface area contributed by atoms with Gasteiger partial charge in [0, 0.05) is 26.2 Å². The van der Waals surface area contributed by atoms with E-state index in [0.29, 0.717) is 26.2 Å². The van der Waals surface area contributed by atoms with Gasteiger partial charge in [-0.3, -0.25) is 14.5 Å². The van der Waals surface area contributed by atoms with Crippen molar-refractivity contribution in [2.24, 2.45) is 0 Å². The maximum Gasteiger partial charge on any atom is 0.410 e. The van der Waals surface area contributed by atoms with Crippen LogP contribution in [-0.4, -0.2) is 85.5 Å². The maximum absolute atomic E-state index is 12.3. The van der Waals surface area contributed by atoms with Crippen LogP contribution in [0.3, 0.4) is 0 Å². The monoisotopic (exact) mass is 506 g/mol. The lowest BCUT2D eigenvalue weighted by Gasteiger charge is -2.35. The van der Waals surface area contributed by atoms with Gasteiger partial charge in [0.05, 0.1) is 24.4 Å². The van der Waals surface area contributed by atoms with Crippen molar-refractivity contribution in [3.63, 3.8) is 0 Å². The summed E-state index contributed by atoms with van der Waals surface area (Å²) in [5, 5.41) is 8.65. The number of benzene rings is 1. The Morgan fingerprint density at radius 2 is 1.50 bits per heavy atom. The molecule has 0 unspecified atom stereocenters. The molecular formula is C26H42N4O6. The van der Waals surface area contributed by atoms with Gasteiger partial charge in [-0.15, -0.1) is 0 Å². The highest BCUT2D eigenvalue weighted by atomic mass is 16.6. The van der Waals surface area contributed by atoms with Crippen molar-refractivity contribution in [2.75, 3.05) is 39.4 Å². The minimum atomic E-state index is -0.661. The van der Waals surface area contributed by atoms with E-state index in [1.54, 1.807) is 0 Å². The molecule has 2 aliphatic heterocycles. The van der Waals surface area contributed by atoms with E-state index in [9.17, 15) is 14.4 Å². The fraction of sp³-hybridized carbons (Fsp3) is 0.654. The topological polar surface area (TPSA) is 118 Å². The van der Waals surface area contributed by atoms with E-state index in [4.69, 9.17) is 14.2 Å². The summed E-state index contributed by atoms with van der Waals surface area (Å²) in [7, 11) is 0. The highest BCUT2D eigenvalue weighted by Crippen LogP contribution is 2.14. The molecule has 2 saturated heterocycles. The van der Waals surface area contributed by atoms with Crippen molar-refractivity contribution in [3.8, 4) is 0 Å². The molecule has 0 radical (unpaired) electrons. The predicted octanol–water partition coefficient (Wildman–Crippen LogP) is 1.83. The number of ether oxygens (including phenoxy) is 3. The molecule has 0 aliphatic carbocycles. The number of piperazine rings is 2. The Kier molecular flexibility index (Phi) is 11.1. The van der Waals surface area contributed by atoms with E-state index >= 15 is 0 Å². The Hall–Kier alpha value is -2.69. The van der Waals surface area contributed by atoms with E-state index in [1.807, 2.05) is 71.9 Å². The molecule has 2 aliphatic rings. The number of nitrogens with zero attached hydrogens (tertiary/aromatic N) is 1. The van der Waals surface area contributed by atoms with E-state index in [2.05, 4.69) is 16.0 Å². The van der Waals surface area contributed by atoms with E-state index in [-0.39, 0.29) is 42.3 Å². The van der Waals surface area contributed by atoms with Gasteiger partial charge in [0.15, 0.2) is 0 Å². The van der Waals surface area contributed by atoms with Crippen molar-refractivity contribution < 1.29 is 28.6 Å². The Balaban J connectivity index is 0.000000297. The van der Waals surface area contributed by atoms with Gasteiger partial charge in [0.25, 0.3) is 0 Å². The van der Waals surface area contributed by atoms with Crippen LogP contribution >= 0.6 is 0 Å². The largest absolute Gasteiger partial charge is 0.445 e. The van der Waals surface area contributed by atoms with Crippen LogP contribution < -0.4 is 16.0 Å². The van der Waals surface area contributed by atoms with Crippen LogP contribution in [0.5, 0.6) is 0 Å². The smallest absolute Gasteiger partial charge is 0.410 e. The van der Waals surface area contributed by atoms with Crippen molar-refractivity contribution in [2.45, 2.75) is 71.4 Å². The first kappa shape index (κ1) is 29.5. The quantitative estimate of drug-likeness (QED) is 0.539. The second-order valence-electron chi connectivity index (χ2n) is 10.7. The molecule has 3 rings (SSSR count). The molecule has 2 fully saturated rings. The number of carbonyl (C=O) groups is 3. The minimum Gasteiger partial charge on any atom is -0.445 e. The molecule has 0 spiro atoms. The summed E-state index contributed by atoms with van der Waals surface area (Å²) < 4.78 is 16.5. The average Bonchev–Trinajstić information content (AvgIpc) is 2.81. The summed E-state index contributed by atoms with van der Waals surface area (Å²) >= 11 is 0. The van der Waals surface area contributed by atoms with Crippen LogP contribution in [0.2, 0.25) is 0 Å². The van der Waals surface area contributed by atoms with Crippen LogP contribution in [-0.2, 0) is 30.4 Å². The average molecular weight is 507 g/mol. The van der Waals surface area contributed by atoms with Crippen LogP contribution in [0, 0.1) is 0 Å². The first-order valence-electron chi connectivity index (χ1n) is 12.4. The third-order valence-electron chi connectivity index (χ3n) is 5.26. The fourth-order valence-corrected chi connectivity index (χ4v) is 3.35. The third-order valence-corrected chi connectivity index (χ3v) is 5.26. The normalized spacial score (nSPS) is 20.6. The predicted molar refractivity (Wildman–Crippen MR) is 136 cm³/mol. The molecule has 2 heterocycles. The first-order chi connectivity index (χ1) is 16.9. The molecule has 2 atom stereocenters. The van der Waals surface area contributed by atoms with E-state index in [1.165, 1.54) is 4.90 Å². The number of hydrogen-bond acceptors (Lipinski definition) is 7. The number of amides is 3. The Labute approximate surface area is 214 Å². The van der Waals surface area contributed by atoms with E-state index in [0.717, 1.165) is 12.1 Å². The summed E-state index contributed by atoms with van der Waals surface area (Å²) in [6, 6.07) is 8.60. The molecule has 1 aromatic carbocycles. The Bertz CT molecular complexity index is 850. The molecule has 10 nitrogen and oxygen atoms in total. The number of hydrogen-bond donors (Lipinski definition) is 3. The number of carbonyl (C=O) groups excluding carboxylic acids is 3. The van der Waals surface area contributed by atoms with Gasteiger partial charge in [-0.05, 0) is 47.1 Å². The molecule has 1 aromatic rings. The van der Waals surface area contributed by atoms with Gasteiger partial charge in [-0.2, -0.15) is 0 Å². The zero-order valence-electron chi connectivity index (χ0n) is 22.4. The van der Waals surface area contributed by atoms with Gasteiger partial charge in [-0.1, -0.05) is 30.3 Å².